The normalized spacial score (nSPS) is 11.8. The van der Waals surface area contributed by atoms with Gasteiger partial charge in [-0.05, 0) is 6.92 Å². The fourth-order valence-corrected chi connectivity index (χ4v) is 1.92. The monoisotopic (exact) mass is 318 g/mol. The first-order valence-electron chi connectivity index (χ1n) is 7.31. The Hall–Kier alpha value is -2.68. The minimum atomic E-state index is -0.502. The fraction of sp³-hybridized carbons (Fsp3) is 0.429. The molecule has 1 atom stereocenters. The van der Waals surface area contributed by atoms with Crippen LogP contribution in [0.2, 0.25) is 0 Å². The van der Waals surface area contributed by atoms with E-state index in [2.05, 4.69) is 47.8 Å². The maximum atomic E-state index is 9.39. The highest BCUT2D eigenvalue weighted by molar-refractivity contribution is 5.94. The molecular weight excluding hydrogens is 296 g/mol. The third-order valence-corrected chi connectivity index (χ3v) is 2.98. The second-order valence-electron chi connectivity index (χ2n) is 4.89. The van der Waals surface area contributed by atoms with Crippen molar-refractivity contribution in [2.24, 2.45) is 0 Å². The molecule has 2 heterocycles. The van der Waals surface area contributed by atoms with Crippen LogP contribution in [0.1, 0.15) is 6.92 Å². The summed E-state index contributed by atoms with van der Waals surface area (Å²) in [7, 11) is 3.53. The SMILES string of the molecule is C=CCNc1nc(NC)c2nc(NC[C@@H](C)O)nc(NC)c2n1. The molecule has 0 amide bonds. The molecule has 0 spiro atoms. The van der Waals surface area contributed by atoms with Crippen molar-refractivity contribution in [3.05, 3.63) is 12.7 Å². The first-order chi connectivity index (χ1) is 11.1. The van der Waals surface area contributed by atoms with Gasteiger partial charge < -0.3 is 26.4 Å². The summed E-state index contributed by atoms with van der Waals surface area (Å²) < 4.78 is 0. The van der Waals surface area contributed by atoms with E-state index in [-0.39, 0.29) is 0 Å². The van der Waals surface area contributed by atoms with Crippen LogP contribution in [0.3, 0.4) is 0 Å². The van der Waals surface area contributed by atoms with E-state index in [0.29, 0.717) is 47.7 Å². The van der Waals surface area contributed by atoms with Crippen molar-refractivity contribution in [2.45, 2.75) is 13.0 Å². The first-order valence-corrected chi connectivity index (χ1v) is 7.31. The zero-order valence-electron chi connectivity index (χ0n) is 13.5. The van der Waals surface area contributed by atoms with Crippen LogP contribution >= 0.6 is 0 Å². The summed E-state index contributed by atoms with van der Waals surface area (Å²) in [5.74, 6) is 2.02. The molecule has 2 aromatic rings. The molecule has 0 saturated heterocycles. The predicted octanol–water partition coefficient (Wildman–Crippen LogP) is 0.894. The van der Waals surface area contributed by atoms with Gasteiger partial charge >= 0.3 is 0 Å². The van der Waals surface area contributed by atoms with E-state index in [1.54, 1.807) is 27.1 Å². The predicted molar refractivity (Wildman–Crippen MR) is 93.1 cm³/mol. The van der Waals surface area contributed by atoms with Gasteiger partial charge in [0.25, 0.3) is 0 Å². The average molecular weight is 318 g/mol. The number of rotatable bonds is 8. The molecule has 0 aliphatic rings. The second kappa shape index (κ2) is 7.54. The summed E-state index contributed by atoms with van der Waals surface area (Å²) in [5, 5.41) is 21.5. The highest BCUT2D eigenvalue weighted by Crippen LogP contribution is 2.26. The van der Waals surface area contributed by atoms with Gasteiger partial charge in [-0.1, -0.05) is 6.08 Å². The van der Waals surface area contributed by atoms with Gasteiger partial charge in [0, 0.05) is 27.2 Å². The minimum Gasteiger partial charge on any atom is -0.392 e. The average Bonchev–Trinajstić information content (AvgIpc) is 2.56. The Morgan fingerprint density at radius 1 is 1.00 bits per heavy atom. The molecule has 9 nitrogen and oxygen atoms in total. The van der Waals surface area contributed by atoms with Crippen molar-refractivity contribution in [3.63, 3.8) is 0 Å². The molecule has 0 aromatic carbocycles. The molecule has 0 aliphatic heterocycles. The van der Waals surface area contributed by atoms with Crippen LogP contribution in [0.25, 0.3) is 11.0 Å². The molecular formula is C14H22N8O. The molecule has 0 aliphatic carbocycles. The molecule has 2 aromatic heterocycles. The van der Waals surface area contributed by atoms with Crippen LogP contribution in [0.5, 0.6) is 0 Å². The quantitative estimate of drug-likeness (QED) is 0.452. The Morgan fingerprint density at radius 3 is 1.96 bits per heavy atom. The number of aromatic nitrogens is 4. The number of aliphatic hydroxyl groups is 1. The maximum Gasteiger partial charge on any atom is 0.225 e. The largest absolute Gasteiger partial charge is 0.392 e. The van der Waals surface area contributed by atoms with Crippen LogP contribution in [-0.2, 0) is 0 Å². The second-order valence-corrected chi connectivity index (χ2v) is 4.89. The number of nitrogens with zero attached hydrogens (tertiary/aromatic N) is 4. The summed E-state index contributed by atoms with van der Waals surface area (Å²) in [4.78, 5) is 17.7. The molecule has 0 radical (unpaired) electrons. The van der Waals surface area contributed by atoms with Crippen molar-refractivity contribution in [3.8, 4) is 0 Å². The number of aliphatic hydroxyl groups excluding tert-OH is 1. The van der Waals surface area contributed by atoms with Gasteiger partial charge in [0.2, 0.25) is 11.9 Å². The van der Waals surface area contributed by atoms with E-state index < -0.39 is 6.10 Å². The fourth-order valence-electron chi connectivity index (χ4n) is 1.92. The van der Waals surface area contributed by atoms with Crippen LogP contribution in [0.4, 0.5) is 23.5 Å². The molecule has 2 rings (SSSR count). The highest BCUT2D eigenvalue weighted by atomic mass is 16.3. The molecule has 9 heteroatoms. The van der Waals surface area contributed by atoms with E-state index in [1.165, 1.54) is 0 Å². The van der Waals surface area contributed by atoms with Crippen molar-refractivity contribution in [1.82, 2.24) is 19.9 Å². The number of fused-ring (bicyclic) bond motifs is 1. The van der Waals surface area contributed by atoms with Gasteiger partial charge in [-0.15, -0.1) is 6.58 Å². The Balaban J connectivity index is 2.51. The van der Waals surface area contributed by atoms with Crippen LogP contribution < -0.4 is 21.3 Å². The topological polar surface area (TPSA) is 120 Å². The van der Waals surface area contributed by atoms with E-state index in [1.807, 2.05) is 0 Å². The Bertz CT molecular complexity index is 688. The van der Waals surface area contributed by atoms with Crippen LogP contribution in [0.15, 0.2) is 12.7 Å². The third-order valence-electron chi connectivity index (χ3n) is 2.98. The summed E-state index contributed by atoms with van der Waals surface area (Å²) in [5.41, 5.74) is 1.19. The number of hydrogen-bond acceptors (Lipinski definition) is 9. The van der Waals surface area contributed by atoms with Crippen molar-refractivity contribution >= 4 is 34.6 Å². The van der Waals surface area contributed by atoms with Crippen molar-refractivity contribution < 1.29 is 5.11 Å². The van der Waals surface area contributed by atoms with Crippen LogP contribution in [0, 0.1) is 0 Å². The molecule has 0 saturated carbocycles. The lowest BCUT2D eigenvalue weighted by atomic mass is 10.3. The van der Waals surface area contributed by atoms with Crippen molar-refractivity contribution in [1.29, 1.82) is 0 Å². The zero-order chi connectivity index (χ0) is 16.8. The highest BCUT2D eigenvalue weighted by Gasteiger charge is 2.14. The van der Waals surface area contributed by atoms with E-state index >= 15 is 0 Å². The van der Waals surface area contributed by atoms with Gasteiger partial charge in [0.05, 0.1) is 6.10 Å². The summed E-state index contributed by atoms with van der Waals surface area (Å²) in [6.45, 7) is 6.25. The lowest BCUT2D eigenvalue weighted by molar-refractivity contribution is 0.208. The van der Waals surface area contributed by atoms with E-state index in [4.69, 9.17) is 0 Å². The molecule has 5 N–H and O–H groups in total. The zero-order valence-corrected chi connectivity index (χ0v) is 13.5. The number of hydrogen-bond donors (Lipinski definition) is 5. The smallest absolute Gasteiger partial charge is 0.225 e. The molecule has 23 heavy (non-hydrogen) atoms. The molecule has 0 fully saturated rings. The lowest BCUT2D eigenvalue weighted by Crippen LogP contribution is -2.17. The summed E-state index contributed by atoms with van der Waals surface area (Å²) in [6.07, 6.45) is 1.23. The van der Waals surface area contributed by atoms with Gasteiger partial charge in [0.1, 0.15) is 11.0 Å². The summed E-state index contributed by atoms with van der Waals surface area (Å²) >= 11 is 0. The van der Waals surface area contributed by atoms with Crippen molar-refractivity contribution in [2.75, 3.05) is 48.5 Å². The van der Waals surface area contributed by atoms with Gasteiger partial charge in [0.15, 0.2) is 11.6 Å². The standard InChI is InChI=1S/C14H22N8O/c1-5-6-17-13-19-9-10(11(15-3)21-13)20-14(18-7-8(2)23)22-12(9)16-4/h5,8,23H,1,6-7H2,2-4H3,(H2,15,17,19,21)(H2,16,18,20,22)/t8-/m1/s1. The summed E-state index contributed by atoms with van der Waals surface area (Å²) in [6, 6.07) is 0. The van der Waals surface area contributed by atoms with E-state index in [0.717, 1.165) is 0 Å². The van der Waals surface area contributed by atoms with Gasteiger partial charge in [-0.3, -0.25) is 0 Å². The minimum absolute atomic E-state index is 0.351. The van der Waals surface area contributed by atoms with Gasteiger partial charge in [-0.2, -0.15) is 9.97 Å². The molecule has 0 bridgehead atoms. The Kier molecular flexibility index (Phi) is 5.47. The third kappa shape index (κ3) is 3.95. The number of nitrogens with one attached hydrogen (secondary N) is 4. The first kappa shape index (κ1) is 16.7. The Morgan fingerprint density at radius 2 is 1.52 bits per heavy atom. The number of anilines is 4. The van der Waals surface area contributed by atoms with Gasteiger partial charge in [-0.25, -0.2) is 9.97 Å². The lowest BCUT2D eigenvalue weighted by Gasteiger charge is -2.13. The Labute approximate surface area is 134 Å². The van der Waals surface area contributed by atoms with E-state index in [9.17, 15) is 5.11 Å². The van der Waals surface area contributed by atoms with Crippen LogP contribution in [-0.4, -0.2) is 58.3 Å². The maximum absolute atomic E-state index is 9.39. The molecule has 0 unspecified atom stereocenters. The molecule has 124 valence electrons.